The number of unbranched alkanes of at least 4 members (excludes halogenated alkanes) is 1. The monoisotopic (exact) mass is 241 g/mol. The Morgan fingerprint density at radius 3 is 2.69 bits per heavy atom. The molecule has 0 fully saturated rings. The van der Waals surface area contributed by atoms with Gasteiger partial charge in [0.25, 0.3) is 0 Å². The van der Waals surface area contributed by atoms with E-state index in [0.717, 1.165) is 24.4 Å². The lowest BCUT2D eigenvalue weighted by Gasteiger charge is -2.10. The molecule has 1 rings (SSSR count). The van der Waals surface area contributed by atoms with E-state index in [-0.39, 0.29) is 0 Å². The third kappa shape index (κ3) is 4.31. The average Bonchev–Trinajstić information content (AvgIpc) is 2.28. The zero-order chi connectivity index (χ0) is 11.8. The second-order valence-electron chi connectivity index (χ2n) is 3.77. The molecule has 90 valence electrons. The average molecular weight is 242 g/mol. The van der Waals surface area contributed by atoms with Gasteiger partial charge in [-0.25, -0.2) is 0 Å². The van der Waals surface area contributed by atoms with E-state index in [1.165, 1.54) is 12.8 Å². The van der Waals surface area contributed by atoms with Gasteiger partial charge in [0.1, 0.15) is 5.75 Å². The number of halogens is 1. The molecule has 0 radical (unpaired) electrons. The van der Waals surface area contributed by atoms with Gasteiger partial charge in [-0.1, -0.05) is 31.9 Å². The van der Waals surface area contributed by atoms with Gasteiger partial charge in [0.05, 0.1) is 11.6 Å². The van der Waals surface area contributed by atoms with Gasteiger partial charge in [-0.05, 0) is 31.0 Å². The van der Waals surface area contributed by atoms with Gasteiger partial charge >= 0.3 is 0 Å². The molecule has 0 saturated heterocycles. The quantitative estimate of drug-likeness (QED) is 0.717. The molecule has 0 heterocycles. The molecule has 0 aliphatic rings. The topological polar surface area (TPSA) is 21.3 Å². The SMILES string of the molecule is CCCCNc1ccc(OCCC)c(Cl)c1. The van der Waals surface area contributed by atoms with Crippen LogP contribution in [0.3, 0.4) is 0 Å². The summed E-state index contributed by atoms with van der Waals surface area (Å²) in [5.41, 5.74) is 1.06. The predicted molar refractivity (Wildman–Crippen MR) is 70.6 cm³/mol. The lowest BCUT2D eigenvalue weighted by molar-refractivity contribution is 0.317. The lowest BCUT2D eigenvalue weighted by atomic mass is 10.2. The van der Waals surface area contributed by atoms with Crippen molar-refractivity contribution in [1.29, 1.82) is 0 Å². The summed E-state index contributed by atoms with van der Waals surface area (Å²) in [4.78, 5) is 0. The van der Waals surface area contributed by atoms with Crippen LogP contribution in [0.5, 0.6) is 5.75 Å². The number of nitrogens with one attached hydrogen (secondary N) is 1. The van der Waals surface area contributed by atoms with E-state index < -0.39 is 0 Å². The highest BCUT2D eigenvalue weighted by Crippen LogP contribution is 2.27. The minimum Gasteiger partial charge on any atom is -0.492 e. The van der Waals surface area contributed by atoms with Crippen molar-refractivity contribution in [2.75, 3.05) is 18.5 Å². The summed E-state index contributed by atoms with van der Waals surface area (Å²) in [5, 5.41) is 4.01. The van der Waals surface area contributed by atoms with Gasteiger partial charge in [-0.15, -0.1) is 0 Å². The van der Waals surface area contributed by atoms with Crippen LogP contribution >= 0.6 is 11.6 Å². The van der Waals surface area contributed by atoms with Crippen LogP contribution in [0.15, 0.2) is 18.2 Å². The lowest BCUT2D eigenvalue weighted by Crippen LogP contribution is -2.01. The van der Waals surface area contributed by atoms with Gasteiger partial charge in [-0.3, -0.25) is 0 Å². The van der Waals surface area contributed by atoms with Crippen LogP contribution < -0.4 is 10.1 Å². The van der Waals surface area contributed by atoms with Crippen molar-refractivity contribution < 1.29 is 4.74 Å². The Morgan fingerprint density at radius 1 is 1.25 bits per heavy atom. The highest BCUT2D eigenvalue weighted by molar-refractivity contribution is 6.32. The molecule has 0 spiro atoms. The Morgan fingerprint density at radius 2 is 2.06 bits per heavy atom. The molecule has 2 nitrogen and oxygen atoms in total. The van der Waals surface area contributed by atoms with E-state index in [1.54, 1.807) is 0 Å². The molecule has 1 aromatic carbocycles. The molecular weight excluding hydrogens is 222 g/mol. The number of anilines is 1. The summed E-state index contributed by atoms with van der Waals surface area (Å²) in [5.74, 6) is 0.768. The van der Waals surface area contributed by atoms with Crippen LogP contribution in [0, 0.1) is 0 Å². The molecule has 1 N–H and O–H groups in total. The first kappa shape index (κ1) is 13.2. The molecule has 0 amide bonds. The first-order valence-electron chi connectivity index (χ1n) is 5.94. The van der Waals surface area contributed by atoms with Crippen LogP contribution in [0.1, 0.15) is 33.1 Å². The van der Waals surface area contributed by atoms with E-state index in [4.69, 9.17) is 16.3 Å². The fourth-order valence-electron chi connectivity index (χ4n) is 1.35. The van der Waals surface area contributed by atoms with Crippen molar-refractivity contribution in [3.63, 3.8) is 0 Å². The largest absolute Gasteiger partial charge is 0.492 e. The van der Waals surface area contributed by atoms with Crippen molar-refractivity contribution in [1.82, 2.24) is 0 Å². The van der Waals surface area contributed by atoms with Gasteiger partial charge in [0, 0.05) is 12.2 Å². The molecule has 3 heteroatoms. The van der Waals surface area contributed by atoms with Crippen molar-refractivity contribution in [3.05, 3.63) is 23.2 Å². The standard InChI is InChI=1S/C13H20ClNO/c1-3-5-8-15-11-6-7-13(12(14)10-11)16-9-4-2/h6-7,10,15H,3-5,8-9H2,1-2H3. The molecule has 0 aliphatic heterocycles. The molecule has 0 aromatic heterocycles. The van der Waals surface area contributed by atoms with Crippen LogP contribution in [-0.4, -0.2) is 13.2 Å². The number of hydrogen-bond acceptors (Lipinski definition) is 2. The van der Waals surface area contributed by atoms with E-state index in [9.17, 15) is 0 Å². The van der Waals surface area contributed by atoms with Crippen LogP contribution in [0.2, 0.25) is 5.02 Å². The van der Waals surface area contributed by atoms with Crippen molar-refractivity contribution in [2.24, 2.45) is 0 Å². The Hall–Kier alpha value is -0.890. The molecule has 0 saturated carbocycles. The summed E-state index contributed by atoms with van der Waals surface area (Å²) < 4.78 is 5.51. The minimum absolute atomic E-state index is 0.676. The first-order valence-corrected chi connectivity index (χ1v) is 6.32. The number of hydrogen-bond donors (Lipinski definition) is 1. The summed E-state index contributed by atoms with van der Waals surface area (Å²) in [6, 6.07) is 5.85. The van der Waals surface area contributed by atoms with Crippen LogP contribution in [0.4, 0.5) is 5.69 Å². The second-order valence-corrected chi connectivity index (χ2v) is 4.18. The number of benzene rings is 1. The summed E-state index contributed by atoms with van der Waals surface area (Å²) in [7, 11) is 0. The van der Waals surface area contributed by atoms with Crippen molar-refractivity contribution in [3.8, 4) is 5.75 Å². The van der Waals surface area contributed by atoms with Crippen LogP contribution in [0.25, 0.3) is 0 Å². The molecular formula is C13H20ClNO. The molecule has 0 atom stereocenters. The van der Waals surface area contributed by atoms with Gasteiger partial charge in [-0.2, -0.15) is 0 Å². The molecule has 0 bridgehead atoms. The fourth-order valence-corrected chi connectivity index (χ4v) is 1.58. The third-order valence-corrected chi connectivity index (χ3v) is 2.55. The Bertz CT molecular complexity index is 315. The minimum atomic E-state index is 0.676. The molecule has 0 unspecified atom stereocenters. The predicted octanol–water partition coefficient (Wildman–Crippen LogP) is 4.34. The summed E-state index contributed by atoms with van der Waals surface area (Å²) in [6.45, 7) is 5.95. The highest BCUT2D eigenvalue weighted by atomic mass is 35.5. The Kier molecular flexibility index (Phi) is 6.09. The van der Waals surface area contributed by atoms with Crippen LogP contribution in [-0.2, 0) is 0 Å². The van der Waals surface area contributed by atoms with Gasteiger partial charge < -0.3 is 10.1 Å². The Labute approximate surface area is 103 Å². The van der Waals surface area contributed by atoms with Gasteiger partial charge in [0.2, 0.25) is 0 Å². The molecule has 16 heavy (non-hydrogen) atoms. The maximum Gasteiger partial charge on any atom is 0.138 e. The highest BCUT2D eigenvalue weighted by Gasteiger charge is 2.02. The summed E-state index contributed by atoms with van der Waals surface area (Å²) in [6.07, 6.45) is 3.36. The van der Waals surface area contributed by atoms with Crippen molar-refractivity contribution in [2.45, 2.75) is 33.1 Å². The zero-order valence-electron chi connectivity index (χ0n) is 10.1. The normalized spacial score (nSPS) is 10.2. The smallest absolute Gasteiger partial charge is 0.138 e. The first-order chi connectivity index (χ1) is 7.77. The van der Waals surface area contributed by atoms with E-state index >= 15 is 0 Å². The van der Waals surface area contributed by atoms with Gasteiger partial charge in [0.15, 0.2) is 0 Å². The van der Waals surface area contributed by atoms with E-state index in [1.807, 2.05) is 18.2 Å². The number of rotatable bonds is 7. The molecule has 1 aromatic rings. The maximum atomic E-state index is 6.11. The third-order valence-electron chi connectivity index (χ3n) is 2.25. The Balaban J connectivity index is 2.53. The second kappa shape index (κ2) is 7.39. The zero-order valence-corrected chi connectivity index (χ0v) is 10.8. The van der Waals surface area contributed by atoms with Crippen molar-refractivity contribution >= 4 is 17.3 Å². The maximum absolute atomic E-state index is 6.11. The van der Waals surface area contributed by atoms with E-state index in [0.29, 0.717) is 11.6 Å². The summed E-state index contributed by atoms with van der Waals surface area (Å²) >= 11 is 6.11. The fraction of sp³-hybridized carbons (Fsp3) is 0.538. The molecule has 0 aliphatic carbocycles. The van der Waals surface area contributed by atoms with E-state index in [2.05, 4.69) is 19.2 Å². The number of ether oxygens (including phenoxy) is 1.